The first kappa shape index (κ1) is 25.0. The molecule has 3 heterocycles. The second-order valence-electron chi connectivity index (χ2n) is 10.3. The van der Waals surface area contributed by atoms with E-state index in [1.165, 1.54) is 5.56 Å². The largest absolute Gasteiger partial charge is 0.368 e. The molecule has 0 radical (unpaired) electrons. The molecular weight excluding hydrogens is 458 g/mol. The Bertz CT molecular complexity index is 1300. The van der Waals surface area contributed by atoms with Crippen LogP contribution in [0.2, 0.25) is 0 Å². The van der Waals surface area contributed by atoms with Gasteiger partial charge in [-0.1, -0.05) is 30.3 Å². The summed E-state index contributed by atoms with van der Waals surface area (Å²) in [4.78, 5) is 25.0. The lowest BCUT2D eigenvalue weighted by Gasteiger charge is -2.36. The molecule has 0 spiro atoms. The number of hydrogen-bond acceptors (Lipinski definition) is 5. The number of piperazine rings is 1. The summed E-state index contributed by atoms with van der Waals surface area (Å²) in [5, 5.41) is 9.44. The summed E-state index contributed by atoms with van der Waals surface area (Å²) in [6.45, 7) is 10.1. The van der Waals surface area contributed by atoms with Crippen LogP contribution in [0.15, 0.2) is 60.7 Å². The number of likely N-dealkylation sites (tertiary alicyclic amines) is 1. The highest BCUT2D eigenvalue weighted by Crippen LogP contribution is 2.28. The molecule has 0 saturated carbocycles. The molecule has 2 aliphatic heterocycles. The molecule has 1 amide bonds. The van der Waals surface area contributed by atoms with Crippen molar-refractivity contribution in [2.45, 2.75) is 39.2 Å². The molecule has 190 valence electrons. The van der Waals surface area contributed by atoms with E-state index in [1.54, 1.807) is 0 Å². The molecule has 6 heteroatoms. The SMILES string of the molecule is Cc1cccc(C2CCN(C(=O)c3cc(CN4CCN(c5ccccc5C#N)CC4)ccc3C)CC2)n1. The smallest absolute Gasteiger partial charge is 0.254 e. The highest BCUT2D eigenvalue weighted by molar-refractivity contribution is 5.96. The van der Waals surface area contributed by atoms with Crippen LogP contribution in [0.1, 0.15) is 57.2 Å². The Hall–Kier alpha value is -3.69. The fraction of sp³-hybridized carbons (Fsp3) is 0.387. The highest BCUT2D eigenvalue weighted by atomic mass is 16.2. The number of amides is 1. The van der Waals surface area contributed by atoms with Gasteiger partial charge in [0.25, 0.3) is 5.91 Å². The highest BCUT2D eigenvalue weighted by Gasteiger charge is 2.26. The number of benzene rings is 2. The van der Waals surface area contributed by atoms with Crippen molar-refractivity contribution in [2.24, 2.45) is 0 Å². The number of piperidine rings is 1. The maximum absolute atomic E-state index is 13.5. The number of rotatable bonds is 5. The molecule has 1 aromatic heterocycles. The topological polar surface area (TPSA) is 63.5 Å². The minimum atomic E-state index is 0.146. The van der Waals surface area contributed by atoms with E-state index in [4.69, 9.17) is 4.98 Å². The van der Waals surface area contributed by atoms with Gasteiger partial charge in [0.1, 0.15) is 6.07 Å². The van der Waals surface area contributed by atoms with Crippen molar-refractivity contribution in [1.82, 2.24) is 14.8 Å². The van der Waals surface area contributed by atoms with Crippen molar-refractivity contribution >= 4 is 11.6 Å². The number of para-hydroxylation sites is 1. The zero-order chi connectivity index (χ0) is 25.8. The minimum Gasteiger partial charge on any atom is -0.368 e. The molecule has 0 bridgehead atoms. The molecular formula is C31H35N5O. The van der Waals surface area contributed by atoms with Crippen LogP contribution in [0, 0.1) is 25.2 Å². The number of carbonyl (C=O) groups is 1. The van der Waals surface area contributed by atoms with Crippen molar-refractivity contribution in [3.05, 3.63) is 94.3 Å². The van der Waals surface area contributed by atoms with Crippen LogP contribution in [0.25, 0.3) is 0 Å². The van der Waals surface area contributed by atoms with Crippen molar-refractivity contribution in [3.63, 3.8) is 0 Å². The second kappa shape index (κ2) is 11.1. The third-order valence-electron chi connectivity index (χ3n) is 7.79. The van der Waals surface area contributed by atoms with Crippen molar-refractivity contribution in [1.29, 1.82) is 5.26 Å². The molecule has 2 saturated heterocycles. The predicted octanol–water partition coefficient (Wildman–Crippen LogP) is 4.91. The summed E-state index contributed by atoms with van der Waals surface area (Å²) in [5.74, 6) is 0.572. The molecule has 6 nitrogen and oxygen atoms in total. The lowest BCUT2D eigenvalue weighted by atomic mass is 9.92. The van der Waals surface area contributed by atoms with E-state index in [1.807, 2.05) is 49.1 Å². The fourth-order valence-corrected chi connectivity index (χ4v) is 5.59. The molecule has 0 unspecified atom stereocenters. The lowest BCUT2D eigenvalue weighted by Crippen LogP contribution is -2.46. The molecule has 2 aromatic carbocycles. The summed E-state index contributed by atoms with van der Waals surface area (Å²) in [6, 6.07) is 22.7. The number of nitriles is 1. The molecule has 0 N–H and O–H groups in total. The van der Waals surface area contributed by atoms with Crippen LogP contribution < -0.4 is 4.90 Å². The third kappa shape index (κ3) is 5.68. The van der Waals surface area contributed by atoms with Gasteiger partial charge in [-0.15, -0.1) is 0 Å². The first-order valence-corrected chi connectivity index (χ1v) is 13.3. The number of aromatic nitrogens is 1. The van der Waals surface area contributed by atoms with Crippen LogP contribution in [0.4, 0.5) is 5.69 Å². The molecule has 0 atom stereocenters. The number of pyridine rings is 1. The van der Waals surface area contributed by atoms with Gasteiger partial charge in [0.05, 0.1) is 11.3 Å². The fourth-order valence-electron chi connectivity index (χ4n) is 5.59. The van der Waals surface area contributed by atoms with E-state index in [-0.39, 0.29) is 5.91 Å². The standard InChI is InChI=1S/C31H35N5O/c1-23-10-11-25(22-34-16-18-35(19-17-34)30-9-4-3-7-27(30)21-32)20-28(23)31(37)36-14-12-26(13-15-36)29-8-5-6-24(2)33-29/h3-11,20,26H,12-19,22H2,1-2H3. The van der Waals surface area contributed by atoms with Gasteiger partial charge in [-0.2, -0.15) is 5.26 Å². The molecule has 2 aliphatic rings. The van der Waals surface area contributed by atoms with Crippen molar-refractivity contribution in [3.8, 4) is 6.07 Å². The van der Waals surface area contributed by atoms with Gasteiger partial charge in [0.15, 0.2) is 0 Å². The summed E-state index contributed by atoms with van der Waals surface area (Å²) in [5.41, 5.74) is 7.00. The second-order valence-corrected chi connectivity index (χ2v) is 10.3. The van der Waals surface area contributed by atoms with Crippen molar-refractivity contribution in [2.75, 3.05) is 44.2 Å². The van der Waals surface area contributed by atoms with Gasteiger partial charge in [-0.25, -0.2) is 0 Å². The maximum Gasteiger partial charge on any atom is 0.254 e. The van der Waals surface area contributed by atoms with Crippen LogP contribution >= 0.6 is 0 Å². The Labute approximate surface area is 220 Å². The number of carbonyl (C=O) groups excluding carboxylic acids is 1. The Kier molecular flexibility index (Phi) is 7.52. The Balaban J connectivity index is 1.19. The quantitative estimate of drug-likeness (QED) is 0.505. The zero-order valence-electron chi connectivity index (χ0n) is 21.9. The van der Waals surface area contributed by atoms with E-state index >= 15 is 0 Å². The summed E-state index contributed by atoms with van der Waals surface area (Å²) in [6.07, 6.45) is 1.92. The summed E-state index contributed by atoms with van der Waals surface area (Å²) >= 11 is 0. The van der Waals surface area contributed by atoms with Crippen molar-refractivity contribution < 1.29 is 4.79 Å². The molecule has 0 aliphatic carbocycles. The number of anilines is 1. The molecule has 5 rings (SSSR count). The van der Waals surface area contributed by atoms with E-state index in [0.717, 1.165) is 92.4 Å². The third-order valence-corrected chi connectivity index (χ3v) is 7.79. The number of aryl methyl sites for hydroxylation is 2. The van der Waals surface area contributed by atoms with Crippen LogP contribution in [-0.2, 0) is 6.54 Å². The van der Waals surface area contributed by atoms with Gasteiger partial charge in [-0.3, -0.25) is 14.7 Å². The zero-order valence-corrected chi connectivity index (χ0v) is 21.9. The molecule has 37 heavy (non-hydrogen) atoms. The Morgan fingerprint density at radius 3 is 2.43 bits per heavy atom. The minimum absolute atomic E-state index is 0.146. The summed E-state index contributed by atoms with van der Waals surface area (Å²) < 4.78 is 0. The normalized spacial score (nSPS) is 17.0. The van der Waals surface area contributed by atoms with Gasteiger partial charge in [0, 0.05) is 68.7 Å². The van der Waals surface area contributed by atoms with Gasteiger partial charge >= 0.3 is 0 Å². The first-order valence-electron chi connectivity index (χ1n) is 13.3. The van der Waals surface area contributed by atoms with Gasteiger partial charge < -0.3 is 9.80 Å². The molecule has 3 aromatic rings. The molecule has 2 fully saturated rings. The maximum atomic E-state index is 13.5. The number of nitrogens with zero attached hydrogens (tertiary/aromatic N) is 5. The van der Waals surface area contributed by atoms with E-state index in [2.05, 4.69) is 46.2 Å². The average Bonchev–Trinajstić information content (AvgIpc) is 2.94. The number of hydrogen-bond donors (Lipinski definition) is 0. The van der Waals surface area contributed by atoms with Gasteiger partial charge in [-0.05, 0) is 68.1 Å². The van der Waals surface area contributed by atoms with E-state index in [9.17, 15) is 10.1 Å². The monoisotopic (exact) mass is 493 g/mol. The lowest BCUT2D eigenvalue weighted by molar-refractivity contribution is 0.0711. The average molecular weight is 494 g/mol. The Morgan fingerprint density at radius 1 is 0.946 bits per heavy atom. The van der Waals surface area contributed by atoms with Crippen LogP contribution in [-0.4, -0.2) is 60.0 Å². The summed E-state index contributed by atoms with van der Waals surface area (Å²) in [7, 11) is 0. The van der Waals surface area contributed by atoms with Gasteiger partial charge in [0.2, 0.25) is 0 Å². The van der Waals surface area contributed by atoms with E-state index < -0.39 is 0 Å². The Morgan fingerprint density at radius 2 is 1.70 bits per heavy atom. The van der Waals surface area contributed by atoms with Crippen LogP contribution in [0.5, 0.6) is 0 Å². The predicted molar refractivity (Wildman–Crippen MR) is 147 cm³/mol. The van der Waals surface area contributed by atoms with E-state index in [0.29, 0.717) is 5.92 Å². The first-order chi connectivity index (χ1) is 18.0. The van der Waals surface area contributed by atoms with Crippen LogP contribution in [0.3, 0.4) is 0 Å².